The molecule has 0 spiro atoms. The standard InChI is InChI=1S/C11H16N6OS/c1-5(2)17-10(18)15-16-11(17)19-9-6(3)8(12)13-7(4)14-9/h5H,1-4H3,(H,15,18)(H2,12,13,14). The van der Waals surface area contributed by atoms with Crippen LogP contribution < -0.4 is 11.4 Å². The van der Waals surface area contributed by atoms with Gasteiger partial charge in [-0.15, -0.1) is 5.10 Å². The van der Waals surface area contributed by atoms with Crippen LogP contribution in [0.2, 0.25) is 0 Å². The maximum atomic E-state index is 11.7. The van der Waals surface area contributed by atoms with Gasteiger partial charge in [-0.1, -0.05) is 0 Å². The molecule has 0 atom stereocenters. The fourth-order valence-corrected chi connectivity index (χ4v) is 2.72. The smallest absolute Gasteiger partial charge is 0.344 e. The first-order valence-electron chi connectivity index (χ1n) is 5.85. The quantitative estimate of drug-likeness (QED) is 0.821. The highest BCUT2D eigenvalue weighted by molar-refractivity contribution is 7.99. The van der Waals surface area contributed by atoms with Crippen molar-refractivity contribution in [2.45, 2.75) is 43.9 Å². The number of aromatic nitrogens is 5. The van der Waals surface area contributed by atoms with Crippen LogP contribution in [0.3, 0.4) is 0 Å². The van der Waals surface area contributed by atoms with E-state index in [9.17, 15) is 4.79 Å². The van der Waals surface area contributed by atoms with Gasteiger partial charge in [-0.05, 0) is 39.5 Å². The van der Waals surface area contributed by atoms with Gasteiger partial charge in [-0.2, -0.15) is 0 Å². The number of hydrogen-bond acceptors (Lipinski definition) is 6. The topological polar surface area (TPSA) is 102 Å². The van der Waals surface area contributed by atoms with E-state index in [1.54, 1.807) is 11.5 Å². The van der Waals surface area contributed by atoms with Crippen LogP contribution in [0, 0.1) is 13.8 Å². The minimum Gasteiger partial charge on any atom is -0.383 e. The number of nitrogens with zero attached hydrogens (tertiary/aromatic N) is 4. The van der Waals surface area contributed by atoms with Crippen molar-refractivity contribution in [3.05, 3.63) is 21.9 Å². The largest absolute Gasteiger partial charge is 0.383 e. The monoisotopic (exact) mass is 280 g/mol. The van der Waals surface area contributed by atoms with Gasteiger partial charge < -0.3 is 5.73 Å². The van der Waals surface area contributed by atoms with E-state index in [4.69, 9.17) is 5.73 Å². The second-order valence-corrected chi connectivity index (χ2v) is 5.42. The van der Waals surface area contributed by atoms with Crippen LogP contribution in [0.15, 0.2) is 15.0 Å². The van der Waals surface area contributed by atoms with Gasteiger partial charge in [-0.3, -0.25) is 4.57 Å². The number of nitrogen functional groups attached to an aromatic ring is 1. The molecule has 2 heterocycles. The Morgan fingerprint density at radius 1 is 1.32 bits per heavy atom. The third kappa shape index (κ3) is 2.62. The predicted octanol–water partition coefficient (Wildman–Crippen LogP) is 1.29. The van der Waals surface area contributed by atoms with Crippen LogP contribution in [-0.4, -0.2) is 24.7 Å². The summed E-state index contributed by atoms with van der Waals surface area (Å²) in [5, 5.41) is 7.75. The third-order valence-corrected chi connectivity index (χ3v) is 3.69. The third-order valence-electron chi connectivity index (χ3n) is 2.63. The van der Waals surface area contributed by atoms with Crippen LogP contribution in [0.5, 0.6) is 0 Å². The van der Waals surface area contributed by atoms with Gasteiger partial charge in [0, 0.05) is 11.6 Å². The molecule has 2 aromatic heterocycles. The SMILES string of the molecule is Cc1nc(N)c(C)c(Sc2n[nH]c(=O)n2C(C)C)n1. The van der Waals surface area contributed by atoms with E-state index in [0.717, 1.165) is 5.56 Å². The number of nitrogens with one attached hydrogen (secondary N) is 1. The molecule has 0 aromatic carbocycles. The number of H-pyrrole nitrogens is 1. The zero-order chi connectivity index (χ0) is 14.2. The fourth-order valence-electron chi connectivity index (χ4n) is 1.63. The average molecular weight is 280 g/mol. The Balaban J connectivity index is 2.45. The molecular weight excluding hydrogens is 264 g/mol. The summed E-state index contributed by atoms with van der Waals surface area (Å²) in [4.78, 5) is 20.1. The van der Waals surface area contributed by atoms with Crippen molar-refractivity contribution in [2.24, 2.45) is 0 Å². The molecule has 0 saturated heterocycles. The number of anilines is 1. The van der Waals surface area contributed by atoms with Crippen molar-refractivity contribution in [1.29, 1.82) is 0 Å². The van der Waals surface area contributed by atoms with E-state index < -0.39 is 0 Å². The summed E-state index contributed by atoms with van der Waals surface area (Å²) in [6.45, 7) is 7.47. The van der Waals surface area contributed by atoms with Crippen molar-refractivity contribution in [3.8, 4) is 0 Å². The normalized spacial score (nSPS) is 11.2. The molecule has 0 aliphatic rings. The summed E-state index contributed by atoms with van der Waals surface area (Å²) in [5.41, 5.74) is 6.38. The summed E-state index contributed by atoms with van der Waals surface area (Å²) in [6, 6.07) is 0.0225. The molecule has 102 valence electrons. The molecule has 2 rings (SSSR count). The minimum atomic E-state index is -0.228. The predicted molar refractivity (Wildman–Crippen MR) is 73.3 cm³/mol. The lowest BCUT2D eigenvalue weighted by atomic mass is 10.3. The summed E-state index contributed by atoms with van der Waals surface area (Å²) in [6.07, 6.45) is 0. The van der Waals surface area contributed by atoms with Crippen molar-refractivity contribution in [3.63, 3.8) is 0 Å². The second kappa shape index (κ2) is 5.04. The molecule has 0 radical (unpaired) electrons. The molecule has 0 saturated carbocycles. The lowest BCUT2D eigenvalue weighted by Crippen LogP contribution is -2.19. The van der Waals surface area contributed by atoms with E-state index in [-0.39, 0.29) is 11.7 Å². The molecule has 0 amide bonds. The van der Waals surface area contributed by atoms with E-state index in [1.807, 2.05) is 20.8 Å². The molecule has 0 aliphatic carbocycles. The Morgan fingerprint density at radius 2 is 2.00 bits per heavy atom. The average Bonchev–Trinajstić information content (AvgIpc) is 2.66. The van der Waals surface area contributed by atoms with Gasteiger partial charge in [0.1, 0.15) is 16.7 Å². The van der Waals surface area contributed by atoms with E-state index in [0.29, 0.717) is 21.8 Å². The number of hydrogen-bond donors (Lipinski definition) is 2. The number of aryl methyl sites for hydroxylation is 1. The maximum Gasteiger partial charge on any atom is 0.344 e. The number of nitrogens with two attached hydrogens (primary N) is 1. The Morgan fingerprint density at radius 3 is 2.63 bits per heavy atom. The minimum absolute atomic E-state index is 0.0225. The lowest BCUT2D eigenvalue weighted by Gasteiger charge is -2.10. The Kier molecular flexibility index (Phi) is 3.61. The van der Waals surface area contributed by atoms with E-state index in [2.05, 4.69) is 20.2 Å². The zero-order valence-electron chi connectivity index (χ0n) is 11.3. The van der Waals surface area contributed by atoms with Gasteiger partial charge in [-0.25, -0.2) is 19.9 Å². The Labute approximate surface area is 114 Å². The van der Waals surface area contributed by atoms with Crippen molar-refractivity contribution in [1.82, 2.24) is 24.7 Å². The summed E-state index contributed by atoms with van der Waals surface area (Å²) in [7, 11) is 0. The first-order valence-corrected chi connectivity index (χ1v) is 6.67. The van der Waals surface area contributed by atoms with Gasteiger partial charge in [0.05, 0.1) is 0 Å². The Hall–Kier alpha value is -1.83. The lowest BCUT2D eigenvalue weighted by molar-refractivity contribution is 0.534. The first-order chi connectivity index (χ1) is 8.90. The summed E-state index contributed by atoms with van der Waals surface area (Å²) in [5.74, 6) is 1.04. The number of aromatic amines is 1. The maximum absolute atomic E-state index is 11.7. The molecule has 8 heteroatoms. The first kappa shape index (κ1) is 13.6. The summed E-state index contributed by atoms with van der Waals surface area (Å²) < 4.78 is 1.58. The number of rotatable bonds is 3. The highest BCUT2D eigenvalue weighted by atomic mass is 32.2. The van der Waals surface area contributed by atoms with Crippen molar-refractivity contribution < 1.29 is 0 Å². The molecule has 0 aliphatic heterocycles. The van der Waals surface area contributed by atoms with Gasteiger partial charge >= 0.3 is 5.69 Å². The molecule has 3 N–H and O–H groups in total. The van der Waals surface area contributed by atoms with Crippen molar-refractivity contribution in [2.75, 3.05) is 5.73 Å². The zero-order valence-corrected chi connectivity index (χ0v) is 12.1. The van der Waals surface area contributed by atoms with Crippen LogP contribution in [-0.2, 0) is 0 Å². The highest BCUT2D eigenvalue weighted by Crippen LogP contribution is 2.29. The van der Waals surface area contributed by atoms with Gasteiger partial charge in [0.25, 0.3) is 0 Å². The molecule has 0 unspecified atom stereocenters. The Bertz CT molecular complexity index is 660. The highest BCUT2D eigenvalue weighted by Gasteiger charge is 2.16. The van der Waals surface area contributed by atoms with Crippen LogP contribution in [0.25, 0.3) is 0 Å². The fraction of sp³-hybridized carbons (Fsp3) is 0.455. The van der Waals surface area contributed by atoms with Crippen LogP contribution in [0.1, 0.15) is 31.3 Å². The molecule has 0 fully saturated rings. The van der Waals surface area contributed by atoms with Crippen molar-refractivity contribution >= 4 is 17.6 Å². The molecule has 0 bridgehead atoms. The van der Waals surface area contributed by atoms with Crippen LogP contribution in [0.4, 0.5) is 5.82 Å². The second-order valence-electron chi connectivity index (χ2n) is 4.46. The molecular formula is C11H16N6OS. The van der Waals surface area contributed by atoms with E-state index in [1.165, 1.54) is 11.8 Å². The van der Waals surface area contributed by atoms with E-state index >= 15 is 0 Å². The molecule has 2 aromatic rings. The molecule has 7 nitrogen and oxygen atoms in total. The summed E-state index contributed by atoms with van der Waals surface area (Å²) >= 11 is 1.31. The molecule has 19 heavy (non-hydrogen) atoms. The van der Waals surface area contributed by atoms with Gasteiger partial charge in [0.15, 0.2) is 5.16 Å². The van der Waals surface area contributed by atoms with Gasteiger partial charge in [0.2, 0.25) is 0 Å². The van der Waals surface area contributed by atoms with Crippen LogP contribution >= 0.6 is 11.8 Å².